The number of primary amides is 1. The highest BCUT2D eigenvalue weighted by Gasteiger charge is 2.35. The fraction of sp³-hybridized carbons (Fsp3) is 0.355. The van der Waals surface area contributed by atoms with Gasteiger partial charge in [-0.2, -0.15) is 22.0 Å². The minimum absolute atomic E-state index is 0.0893. The third-order valence-corrected chi connectivity index (χ3v) is 9.21. The molecule has 3 aromatic carbocycles. The van der Waals surface area contributed by atoms with Crippen molar-refractivity contribution in [2.75, 3.05) is 30.4 Å². The van der Waals surface area contributed by atoms with Crippen LogP contribution >= 0.6 is 0 Å². The van der Waals surface area contributed by atoms with Crippen molar-refractivity contribution in [2.24, 2.45) is 5.73 Å². The molecule has 3 atom stereocenters. The molecule has 1 aliphatic rings. The van der Waals surface area contributed by atoms with Crippen molar-refractivity contribution >= 4 is 27.5 Å². The normalized spacial score (nSPS) is 17.4. The third kappa shape index (κ3) is 9.54. The molecule has 47 heavy (non-hydrogen) atoms. The number of alkyl halides is 5. The minimum atomic E-state index is -4.51. The number of ether oxygens (including phenoxy) is 3. The Morgan fingerprint density at radius 1 is 1.00 bits per heavy atom. The van der Waals surface area contributed by atoms with E-state index in [2.05, 4.69) is 10.1 Å². The molecule has 3 N–H and O–H groups in total. The SMILES string of the molecule is CCS(=O)(=O)c1ccc(C(COC(N)=O)NC(=O)c2ccc(N3C[C@@H](Oc4ccc(C(F)(F)F)cc4)C[C@H]3COC(F)F)cc2)cc1. The molecular weight excluding hydrogens is 653 g/mol. The third-order valence-electron chi connectivity index (χ3n) is 7.46. The average Bonchev–Trinajstić information content (AvgIpc) is 3.44. The van der Waals surface area contributed by atoms with Crippen LogP contribution in [0.4, 0.5) is 32.4 Å². The number of carbonyl (C=O) groups excluding carboxylic acids is 2. The molecule has 3 aromatic rings. The smallest absolute Gasteiger partial charge is 0.416 e. The number of nitrogens with one attached hydrogen (secondary N) is 1. The number of rotatable bonds is 13. The summed E-state index contributed by atoms with van der Waals surface area (Å²) in [5.41, 5.74) is 5.45. The zero-order chi connectivity index (χ0) is 34.4. The molecule has 0 saturated carbocycles. The lowest BCUT2D eigenvalue weighted by atomic mass is 10.1. The van der Waals surface area contributed by atoms with E-state index >= 15 is 0 Å². The molecule has 16 heteroatoms. The maximum atomic E-state index is 13.2. The molecule has 1 aliphatic heterocycles. The molecule has 0 aromatic heterocycles. The van der Waals surface area contributed by atoms with Gasteiger partial charge in [0.25, 0.3) is 5.91 Å². The maximum Gasteiger partial charge on any atom is 0.416 e. The molecule has 10 nitrogen and oxygen atoms in total. The van der Waals surface area contributed by atoms with E-state index in [0.29, 0.717) is 11.3 Å². The highest BCUT2D eigenvalue weighted by Crippen LogP contribution is 2.33. The summed E-state index contributed by atoms with van der Waals surface area (Å²) in [6, 6.07) is 14.6. The number of nitrogens with zero attached hydrogens (tertiary/aromatic N) is 1. The van der Waals surface area contributed by atoms with Crippen LogP contribution in [-0.4, -0.2) is 64.7 Å². The summed E-state index contributed by atoms with van der Waals surface area (Å²) >= 11 is 0. The fourth-order valence-corrected chi connectivity index (χ4v) is 5.92. The second-order valence-corrected chi connectivity index (χ2v) is 12.9. The standard InChI is InChI=1S/C31H32F5N3O7S/c1-2-47(42,43)26-13-5-19(6-14-26)27(18-45-30(37)41)38-28(40)20-3-9-22(10-4-20)39-16-25(15-23(39)17-44-29(32)33)46-24-11-7-21(8-12-24)31(34,35)36/h3-14,23,25,27,29H,2,15-18H2,1H3,(H2,37,41)(H,38,40)/t23-,25-,27?/m0/s1. The van der Waals surface area contributed by atoms with Gasteiger partial charge in [-0.1, -0.05) is 19.1 Å². The van der Waals surface area contributed by atoms with Crippen LogP contribution in [0, 0.1) is 0 Å². The number of anilines is 1. The number of halogens is 5. The first kappa shape index (κ1) is 35.4. The zero-order valence-electron chi connectivity index (χ0n) is 25.0. The lowest BCUT2D eigenvalue weighted by Crippen LogP contribution is -2.34. The number of hydrogen-bond acceptors (Lipinski definition) is 8. The Labute approximate surface area is 267 Å². The Balaban J connectivity index is 1.47. The predicted molar refractivity (Wildman–Crippen MR) is 160 cm³/mol. The van der Waals surface area contributed by atoms with E-state index in [9.17, 15) is 40.0 Å². The van der Waals surface area contributed by atoms with E-state index in [1.165, 1.54) is 55.5 Å². The van der Waals surface area contributed by atoms with Crippen molar-refractivity contribution in [3.63, 3.8) is 0 Å². The van der Waals surface area contributed by atoms with Crippen molar-refractivity contribution in [3.05, 3.63) is 89.5 Å². The van der Waals surface area contributed by atoms with Gasteiger partial charge in [-0.05, 0) is 66.2 Å². The van der Waals surface area contributed by atoms with Crippen LogP contribution in [-0.2, 0) is 25.5 Å². The lowest BCUT2D eigenvalue weighted by molar-refractivity contribution is -0.137. The number of hydrogen-bond donors (Lipinski definition) is 2. The van der Waals surface area contributed by atoms with Crippen LogP contribution < -0.4 is 20.7 Å². The van der Waals surface area contributed by atoms with Gasteiger partial charge in [-0.25, -0.2) is 13.2 Å². The summed E-state index contributed by atoms with van der Waals surface area (Å²) < 4.78 is 104. The topological polar surface area (TPSA) is 137 Å². The van der Waals surface area contributed by atoms with Gasteiger partial charge in [-0.3, -0.25) is 4.79 Å². The summed E-state index contributed by atoms with van der Waals surface area (Å²) in [5, 5.41) is 2.73. The van der Waals surface area contributed by atoms with E-state index < -0.39 is 58.4 Å². The Kier molecular flexibility index (Phi) is 11.3. The van der Waals surface area contributed by atoms with Gasteiger partial charge >= 0.3 is 18.9 Å². The number of carbonyl (C=O) groups is 2. The van der Waals surface area contributed by atoms with Gasteiger partial charge < -0.3 is 30.2 Å². The largest absolute Gasteiger partial charge is 0.489 e. The first-order chi connectivity index (χ1) is 22.2. The molecule has 1 fully saturated rings. The number of amides is 2. The van der Waals surface area contributed by atoms with Crippen molar-refractivity contribution in [2.45, 2.75) is 49.2 Å². The minimum Gasteiger partial charge on any atom is -0.489 e. The maximum absolute atomic E-state index is 13.2. The molecule has 0 radical (unpaired) electrons. The molecular formula is C31H32F5N3O7S. The van der Waals surface area contributed by atoms with E-state index in [1.807, 2.05) is 0 Å². The monoisotopic (exact) mass is 685 g/mol. The molecule has 0 aliphatic carbocycles. The van der Waals surface area contributed by atoms with E-state index in [-0.39, 0.29) is 48.1 Å². The first-order valence-electron chi connectivity index (χ1n) is 14.3. The van der Waals surface area contributed by atoms with Crippen molar-refractivity contribution in [1.82, 2.24) is 5.32 Å². The van der Waals surface area contributed by atoms with Gasteiger partial charge in [0.2, 0.25) is 0 Å². The van der Waals surface area contributed by atoms with Crippen LogP contribution in [0.25, 0.3) is 0 Å². The van der Waals surface area contributed by atoms with Crippen LogP contribution in [0.1, 0.15) is 40.9 Å². The van der Waals surface area contributed by atoms with Crippen molar-refractivity contribution in [1.29, 1.82) is 0 Å². The molecule has 2 amide bonds. The van der Waals surface area contributed by atoms with Crippen molar-refractivity contribution < 1.29 is 54.2 Å². The highest BCUT2D eigenvalue weighted by molar-refractivity contribution is 7.91. The molecule has 1 saturated heterocycles. The second-order valence-electron chi connectivity index (χ2n) is 10.6. The molecule has 0 bridgehead atoms. The van der Waals surface area contributed by atoms with E-state index in [0.717, 1.165) is 12.1 Å². The van der Waals surface area contributed by atoms with E-state index in [1.54, 1.807) is 17.0 Å². The molecule has 254 valence electrons. The quantitative estimate of drug-likeness (QED) is 0.231. The Hall–Kier alpha value is -4.44. The molecule has 1 heterocycles. The Bertz CT molecular complexity index is 1620. The Morgan fingerprint density at radius 3 is 2.19 bits per heavy atom. The number of benzene rings is 3. The molecule has 4 rings (SSSR count). The summed E-state index contributed by atoms with van der Waals surface area (Å²) in [6.07, 6.45) is -5.91. The second kappa shape index (κ2) is 15.0. The van der Waals surface area contributed by atoms with Gasteiger partial charge in [0.1, 0.15) is 18.5 Å². The summed E-state index contributed by atoms with van der Waals surface area (Å²) in [5.74, 6) is -0.485. The van der Waals surface area contributed by atoms with Crippen LogP contribution in [0.5, 0.6) is 5.75 Å². The zero-order valence-corrected chi connectivity index (χ0v) is 25.8. The van der Waals surface area contributed by atoms with Gasteiger partial charge in [0.05, 0.1) is 41.4 Å². The van der Waals surface area contributed by atoms with Crippen LogP contribution in [0.2, 0.25) is 0 Å². The van der Waals surface area contributed by atoms with E-state index in [4.69, 9.17) is 15.2 Å². The van der Waals surface area contributed by atoms with Gasteiger partial charge in [0, 0.05) is 17.7 Å². The van der Waals surface area contributed by atoms with Gasteiger partial charge in [0.15, 0.2) is 9.84 Å². The number of nitrogens with two attached hydrogens (primary N) is 1. The predicted octanol–water partition coefficient (Wildman–Crippen LogP) is 5.33. The highest BCUT2D eigenvalue weighted by atomic mass is 32.2. The number of sulfone groups is 1. The summed E-state index contributed by atoms with van der Waals surface area (Å²) in [4.78, 5) is 26.3. The van der Waals surface area contributed by atoms with Crippen LogP contribution in [0.15, 0.2) is 77.7 Å². The average molecular weight is 686 g/mol. The summed E-state index contributed by atoms with van der Waals surface area (Å²) in [6.45, 7) is -2.00. The Morgan fingerprint density at radius 2 is 1.64 bits per heavy atom. The first-order valence-corrected chi connectivity index (χ1v) is 16.0. The lowest BCUT2D eigenvalue weighted by Gasteiger charge is -2.26. The fourth-order valence-electron chi connectivity index (χ4n) is 5.04. The molecule has 0 spiro atoms. The molecule has 1 unspecified atom stereocenters. The summed E-state index contributed by atoms with van der Waals surface area (Å²) in [7, 11) is -3.47. The van der Waals surface area contributed by atoms with Crippen LogP contribution in [0.3, 0.4) is 0 Å². The van der Waals surface area contributed by atoms with Gasteiger partial charge in [-0.15, -0.1) is 0 Å². The van der Waals surface area contributed by atoms with Crippen molar-refractivity contribution in [3.8, 4) is 5.75 Å².